The lowest BCUT2D eigenvalue weighted by atomic mass is 9.91. The summed E-state index contributed by atoms with van der Waals surface area (Å²) in [5, 5.41) is 19.3. The first-order valence-corrected chi connectivity index (χ1v) is 6.54. The van der Waals surface area contributed by atoms with Gasteiger partial charge in [0.25, 0.3) is 0 Å². The van der Waals surface area contributed by atoms with Gasteiger partial charge in [-0.2, -0.15) is 0 Å². The van der Waals surface area contributed by atoms with E-state index >= 15 is 0 Å². The number of carboxylic acid groups (broad SMARTS) is 1. The van der Waals surface area contributed by atoms with E-state index in [9.17, 15) is 15.0 Å². The van der Waals surface area contributed by atoms with Crippen molar-refractivity contribution in [2.45, 2.75) is 37.8 Å². The highest BCUT2D eigenvalue weighted by Gasteiger charge is 2.28. The molecule has 0 heterocycles. The molecule has 0 aliphatic heterocycles. The number of benzene rings is 1. The van der Waals surface area contributed by atoms with Crippen LogP contribution in [0.1, 0.15) is 36.0 Å². The third-order valence-corrected chi connectivity index (χ3v) is 3.82. The molecule has 5 nitrogen and oxygen atoms in total. The van der Waals surface area contributed by atoms with Crippen molar-refractivity contribution in [3.63, 3.8) is 0 Å². The molecule has 1 saturated carbocycles. The molecule has 1 aromatic carbocycles. The molecule has 2 unspecified atom stereocenters. The maximum absolute atomic E-state index is 11.3. The first kappa shape index (κ1) is 13.7. The van der Waals surface area contributed by atoms with Gasteiger partial charge >= 0.3 is 5.97 Å². The summed E-state index contributed by atoms with van der Waals surface area (Å²) >= 11 is 0. The molecule has 0 radical (unpaired) electrons. The van der Waals surface area contributed by atoms with E-state index in [-0.39, 0.29) is 11.6 Å². The molecule has 0 amide bonds. The molecule has 0 aromatic heterocycles. The van der Waals surface area contributed by atoms with Crippen LogP contribution >= 0.6 is 0 Å². The van der Waals surface area contributed by atoms with Crippen LogP contribution in [-0.4, -0.2) is 35.4 Å². The van der Waals surface area contributed by atoms with Crippen LogP contribution in [0.5, 0.6) is 0 Å². The van der Waals surface area contributed by atoms with Gasteiger partial charge in [-0.3, -0.25) is 0 Å². The number of anilines is 2. The number of hydrogen-bond donors (Lipinski definition) is 3. The number of carboxylic acids is 1. The number of nitrogen functional groups attached to an aromatic ring is 1. The predicted molar refractivity (Wildman–Crippen MR) is 74.5 cm³/mol. The van der Waals surface area contributed by atoms with Crippen LogP contribution in [0.4, 0.5) is 11.4 Å². The lowest BCUT2D eigenvalue weighted by molar-refractivity contribution is 0.0695. The van der Waals surface area contributed by atoms with E-state index in [1.165, 1.54) is 6.07 Å². The van der Waals surface area contributed by atoms with Crippen LogP contribution in [0.2, 0.25) is 0 Å². The molecule has 0 bridgehead atoms. The number of aromatic carboxylic acids is 1. The predicted octanol–water partition coefficient (Wildman–Crippen LogP) is 1.71. The molecule has 0 saturated heterocycles. The monoisotopic (exact) mass is 264 g/mol. The minimum Gasteiger partial charge on any atom is -0.478 e. The summed E-state index contributed by atoms with van der Waals surface area (Å²) in [6, 6.07) is 4.83. The number of likely N-dealkylation sites (N-methyl/N-ethyl adjacent to an activating group) is 1. The summed E-state index contributed by atoms with van der Waals surface area (Å²) in [5.74, 6) is -1.00. The Bertz CT molecular complexity index is 476. The zero-order valence-electron chi connectivity index (χ0n) is 11.0. The van der Waals surface area contributed by atoms with Gasteiger partial charge in [0.05, 0.1) is 23.4 Å². The minimum atomic E-state index is -1.00. The molecule has 5 heteroatoms. The van der Waals surface area contributed by atoms with Gasteiger partial charge in [-0.1, -0.05) is 12.8 Å². The van der Waals surface area contributed by atoms with Crippen LogP contribution < -0.4 is 10.6 Å². The van der Waals surface area contributed by atoms with E-state index in [1.54, 1.807) is 12.1 Å². The molecular formula is C14H20N2O3. The van der Waals surface area contributed by atoms with Crippen LogP contribution in [-0.2, 0) is 0 Å². The van der Waals surface area contributed by atoms with E-state index in [0.717, 1.165) is 25.7 Å². The molecule has 1 aromatic rings. The van der Waals surface area contributed by atoms with Gasteiger partial charge in [-0.15, -0.1) is 0 Å². The molecule has 104 valence electrons. The van der Waals surface area contributed by atoms with Gasteiger partial charge in [0.15, 0.2) is 0 Å². The fraction of sp³-hybridized carbons (Fsp3) is 0.500. The number of carbonyl (C=O) groups is 1. The summed E-state index contributed by atoms with van der Waals surface area (Å²) < 4.78 is 0. The maximum Gasteiger partial charge on any atom is 0.337 e. The van der Waals surface area contributed by atoms with E-state index in [0.29, 0.717) is 11.4 Å². The lowest BCUT2D eigenvalue weighted by Crippen LogP contribution is -2.44. The molecule has 19 heavy (non-hydrogen) atoms. The van der Waals surface area contributed by atoms with Crippen LogP contribution in [0, 0.1) is 0 Å². The van der Waals surface area contributed by atoms with Crippen molar-refractivity contribution in [3.05, 3.63) is 23.8 Å². The SMILES string of the molecule is CN(c1ccc(N)cc1C(=O)O)C1CCCCC1O. The van der Waals surface area contributed by atoms with Gasteiger partial charge in [0.1, 0.15) is 0 Å². The Kier molecular flexibility index (Phi) is 3.95. The standard InChI is InChI=1S/C14H20N2O3/c1-16(12-4-2-3-5-13(12)17)11-7-6-9(15)8-10(11)14(18)19/h6-8,12-13,17H,2-5,15H2,1H3,(H,18,19). The molecule has 2 atom stereocenters. The highest BCUT2D eigenvalue weighted by atomic mass is 16.4. The Morgan fingerprint density at radius 1 is 1.37 bits per heavy atom. The number of nitrogens with zero attached hydrogens (tertiary/aromatic N) is 1. The molecule has 1 aliphatic rings. The second-order valence-corrected chi connectivity index (χ2v) is 5.11. The third-order valence-electron chi connectivity index (χ3n) is 3.82. The number of aliphatic hydroxyl groups is 1. The van der Waals surface area contributed by atoms with Crippen molar-refractivity contribution in [2.75, 3.05) is 17.7 Å². The average molecular weight is 264 g/mol. The normalized spacial score (nSPS) is 23.1. The van der Waals surface area contributed by atoms with Crippen molar-refractivity contribution in [1.82, 2.24) is 0 Å². The molecule has 1 fully saturated rings. The Balaban J connectivity index is 2.32. The van der Waals surface area contributed by atoms with Crippen molar-refractivity contribution in [1.29, 1.82) is 0 Å². The molecule has 1 aliphatic carbocycles. The Morgan fingerprint density at radius 2 is 2.05 bits per heavy atom. The number of rotatable bonds is 3. The number of nitrogens with two attached hydrogens (primary N) is 1. The van der Waals surface area contributed by atoms with E-state index < -0.39 is 12.1 Å². The van der Waals surface area contributed by atoms with Crippen LogP contribution in [0.25, 0.3) is 0 Å². The lowest BCUT2D eigenvalue weighted by Gasteiger charge is -2.37. The third kappa shape index (κ3) is 2.81. The van der Waals surface area contributed by atoms with E-state index in [2.05, 4.69) is 0 Å². The largest absolute Gasteiger partial charge is 0.478 e. The van der Waals surface area contributed by atoms with Gasteiger partial charge < -0.3 is 20.8 Å². The highest BCUT2D eigenvalue weighted by molar-refractivity contribution is 5.95. The topological polar surface area (TPSA) is 86.8 Å². The quantitative estimate of drug-likeness (QED) is 0.723. The van der Waals surface area contributed by atoms with Crippen LogP contribution in [0.15, 0.2) is 18.2 Å². The van der Waals surface area contributed by atoms with Crippen molar-refractivity contribution < 1.29 is 15.0 Å². The van der Waals surface area contributed by atoms with E-state index in [4.69, 9.17) is 5.73 Å². The van der Waals surface area contributed by atoms with Crippen LogP contribution in [0.3, 0.4) is 0 Å². The molecular weight excluding hydrogens is 244 g/mol. The summed E-state index contributed by atoms with van der Waals surface area (Å²) in [5.41, 5.74) is 6.85. The van der Waals surface area contributed by atoms with Gasteiger partial charge in [-0.05, 0) is 31.0 Å². The fourth-order valence-corrected chi connectivity index (χ4v) is 2.75. The van der Waals surface area contributed by atoms with Crippen molar-refractivity contribution in [2.24, 2.45) is 0 Å². The fourth-order valence-electron chi connectivity index (χ4n) is 2.75. The smallest absolute Gasteiger partial charge is 0.337 e. The first-order chi connectivity index (χ1) is 9.00. The Labute approximate surface area is 112 Å². The van der Waals surface area contributed by atoms with Gasteiger partial charge in [-0.25, -0.2) is 4.79 Å². The summed E-state index contributed by atoms with van der Waals surface area (Å²) in [7, 11) is 1.83. The zero-order valence-corrected chi connectivity index (χ0v) is 11.0. The van der Waals surface area contributed by atoms with E-state index in [1.807, 2.05) is 11.9 Å². The van der Waals surface area contributed by atoms with Gasteiger partial charge in [0.2, 0.25) is 0 Å². The zero-order chi connectivity index (χ0) is 14.0. The molecule has 4 N–H and O–H groups in total. The summed E-state index contributed by atoms with van der Waals surface area (Å²) in [6.07, 6.45) is 3.33. The van der Waals surface area contributed by atoms with Gasteiger partial charge in [0, 0.05) is 12.7 Å². The average Bonchev–Trinajstić information content (AvgIpc) is 2.38. The van der Waals surface area contributed by atoms with Crippen molar-refractivity contribution >= 4 is 17.3 Å². The number of hydrogen-bond acceptors (Lipinski definition) is 4. The second-order valence-electron chi connectivity index (χ2n) is 5.11. The molecule has 2 rings (SSSR count). The number of aliphatic hydroxyl groups excluding tert-OH is 1. The Morgan fingerprint density at radius 3 is 2.68 bits per heavy atom. The summed E-state index contributed by atoms with van der Waals surface area (Å²) in [4.78, 5) is 13.2. The molecule has 0 spiro atoms. The highest BCUT2D eigenvalue weighted by Crippen LogP contribution is 2.29. The van der Waals surface area contributed by atoms with Crippen molar-refractivity contribution in [3.8, 4) is 0 Å². The Hall–Kier alpha value is -1.75. The minimum absolute atomic E-state index is 0.0320. The maximum atomic E-state index is 11.3. The first-order valence-electron chi connectivity index (χ1n) is 6.54. The summed E-state index contributed by atoms with van der Waals surface area (Å²) in [6.45, 7) is 0. The second kappa shape index (κ2) is 5.48.